The second kappa shape index (κ2) is 10.4. The molecule has 190 valence electrons. The number of nitrogens with one attached hydrogen (secondary N) is 2. The Morgan fingerprint density at radius 1 is 1.00 bits per heavy atom. The van der Waals surface area contributed by atoms with Gasteiger partial charge in [-0.25, -0.2) is 0 Å². The van der Waals surface area contributed by atoms with Gasteiger partial charge >= 0.3 is 0 Å². The topological polar surface area (TPSA) is 61.4 Å². The van der Waals surface area contributed by atoms with Crippen LogP contribution in [0, 0.1) is 5.41 Å². The second-order valence-electron chi connectivity index (χ2n) is 10.6. The lowest BCUT2D eigenvalue weighted by Gasteiger charge is -2.38. The van der Waals surface area contributed by atoms with Crippen molar-refractivity contribution in [1.29, 1.82) is 0 Å². The monoisotopic (exact) mass is 513 g/mol. The third-order valence-electron chi connectivity index (χ3n) is 7.10. The quantitative estimate of drug-likeness (QED) is 0.405. The van der Waals surface area contributed by atoms with Crippen LogP contribution in [-0.4, -0.2) is 24.8 Å². The molecule has 0 saturated heterocycles. The van der Waals surface area contributed by atoms with Gasteiger partial charge in [-0.15, -0.1) is 0 Å². The van der Waals surface area contributed by atoms with E-state index in [1.165, 1.54) is 5.56 Å². The molecule has 1 amide bonds. The van der Waals surface area contributed by atoms with Crippen molar-refractivity contribution in [3.05, 3.63) is 106 Å². The van der Waals surface area contributed by atoms with E-state index in [2.05, 4.69) is 36.6 Å². The number of rotatable bonds is 6. The van der Waals surface area contributed by atoms with Crippen LogP contribution in [-0.2, 0) is 16.0 Å². The van der Waals surface area contributed by atoms with Crippen LogP contribution in [0.1, 0.15) is 43.9 Å². The van der Waals surface area contributed by atoms with E-state index in [1.54, 1.807) is 0 Å². The largest absolute Gasteiger partial charge is 0.357 e. The van der Waals surface area contributed by atoms with Crippen LogP contribution in [0.5, 0.6) is 0 Å². The molecule has 3 aromatic rings. The maximum absolute atomic E-state index is 13.7. The molecule has 5 rings (SSSR count). The molecular weight excluding hydrogens is 482 g/mol. The van der Waals surface area contributed by atoms with Crippen molar-refractivity contribution < 1.29 is 9.59 Å². The molecule has 0 aromatic heterocycles. The van der Waals surface area contributed by atoms with Gasteiger partial charge in [0.05, 0.1) is 24.0 Å². The van der Waals surface area contributed by atoms with Gasteiger partial charge in [-0.05, 0) is 47.6 Å². The Kier molecular flexibility index (Phi) is 7.07. The number of ketones is 1. The first-order chi connectivity index (χ1) is 17.8. The summed E-state index contributed by atoms with van der Waals surface area (Å²) in [6.45, 7) is 4.87. The number of amides is 1. The molecule has 0 saturated carbocycles. The molecule has 0 bridgehead atoms. The number of allylic oxidation sites excluding steroid dienone is 1. The lowest BCUT2D eigenvalue weighted by atomic mass is 9.73. The van der Waals surface area contributed by atoms with Gasteiger partial charge in [-0.3, -0.25) is 9.59 Å². The lowest BCUT2D eigenvalue weighted by molar-refractivity contribution is -0.120. The number of anilines is 2. The molecule has 1 atom stereocenters. The highest BCUT2D eigenvalue weighted by molar-refractivity contribution is 6.31. The van der Waals surface area contributed by atoms with Crippen LogP contribution < -0.4 is 15.5 Å². The Bertz CT molecular complexity index is 1350. The molecular formula is C31H32ClN3O2. The van der Waals surface area contributed by atoms with Gasteiger partial charge in [0.15, 0.2) is 5.78 Å². The number of carbonyl (C=O) groups is 2. The van der Waals surface area contributed by atoms with Crippen molar-refractivity contribution in [2.75, 3.05) is 23.3 Å². The minimum Gasteiger partial charge on any atom is -0.357 e. The number of fused-ring (bicyclic) bond motifs is 1. The van der Waals surface area contributed by atoms with Crippen LogP contribution in [0.25, 0.3) is 0 Å². The van der Waals surface area contributed by atoms with Crippen LogP contribution in [0.4, 0.5) is 11.4 Å². The molecule has 6 heteroatoms. The number of carbonyl (C=O) groups excluding carboxylic acids is 2. The summed E-state index contributed by atoms with van der Waals surface area (Å²) in [4.78, 5) is 29.1. The van der Waals surface area contributed by atoms with E-state index in [0.717, 1.165) is 35.5 Å². The summed E-state index contributed by atoms with van der Waals surface area (Å²) in [5.41, 5.74) is 5.18. The van der Waals surface area contributed by atoms with E-state index < -0.39 is 6.04 Å². The second-order valence-corrected chi connectivity index (χ2v) is 11.0. The highest BCUT2D eigenvalue weighted by Gasteiger charge is 2.42. The van der Waals surface area contributed by atoms with Gasteiger partial charge in [0.2, 0.25) is 5.91 Å². The van der Waals surface area contributed by atoms with E-state index in [4.69, 9.17) is 11.6 Å². The molecule has 0 radical (unpaired) electrons. The predicted molar refractivity (Wildman–Crippen MR) is 150 cm³/mol. The summed E-state index contributed by atoms with van der Waals surface area (Å²) in [5, 5.41) is 7.23. The van der Waals surface area contributed by atoms with Gasteiger partial charge in [0.25, 0.3) is 0 Å². The van der Waals surface area contributed by atoms with Crippen LogP contribution in [0.15, 0.2) is 90.1 Å². The summed E-state index contributed by atoms with van der Waals surface area (Å²) in [6, 6.07) is 25.2. The molecule has 37 heavy (non-hydrogen) atoms. The van der Waals surface area contributed by atoms with Crippen molar-refractivity contribution in [1.82, 2.24) is 5.32 Å². The van der Waals surface area contributed by atoms with Crippen molar-refractivity contribution in [3.63, 3.8) is 0 Å². The first-order valence-corrected chi connectivity index (χ1v) is 13.1. The van der Waals surface area contributed by atoms with Crippen molar-refractivity contribution >= 4 is 34.7 Å². The number of hydrogen-bond donors (Lipinski definition) is 2. The summed E-state index contributed by atoms with van der Waals surface area (Å²) >= 11 is 6.74. The van der Waals surface area contributed by atoms with Crippen molar-refractivity contribution in [3.8, 4) is 0 Å². The van der Waals surface area contributed by atoms with Crippen LogP contribution >= 0.6 is 11.6 Å². The van der Waals surface area contributed by atoms with E-state index >= 15 is 0 Å². The molecule has 1 aliphatic carbocycles. The third kappa shape index (κ3) is 5.42. The Morgan fingerprint density at radius 3 is 2.49 bits per heavy atom. The SMILES string of the molecule is CC1(C)CC(=O)C2=C(C1)Nc1ccccc1N(CC(=O)NCCc1ccccc1)C2c1ccccc1Cl. The lowest BCUT2D eigenvalue weighted by Crippen LogP contribution is -2.42. The van der Waals surface area contributed by atoms with Crippen LogP contribution in [0.3, 0.4) is 0 Å². The number of benzene rings is 3. The molecule has 1 aliphatic heterocycles. The van der Waals surface area contributed by atoms with E-state index in [9.17, 15) is 9.59 Å². The molecule has 0 fully saturated rings. The molecule has 1 unspecified atom stereocenters. The molecule has 5 nitrogen and oxygen atoms in total. The summed E-state index contributed by atoms with van der Waals surface area (Å²) in [6.07, 6.45) is 1.93. The Hall–Kier alpha value is -3.57. The molecule has 0 spiro atoms. The zero-order valence-electron chi connectivity index (χ0n) is 21.3. The zero-order valence-corrected chi connectivity index (χ0v) is 22.0. The smallest absolute Gasteiger partial charge is 0.239 e. The Balaban J connectivity index is 1.54. The first-order valence-electron chi connectivity index (χ1n) is 12.8. The molecule has 1 heterocycles. The normalized spacial score (nSPS) is 18.4. The molecule has 2 N–H and O–H groups in total. The van der Waals surface area contributed by atoms with Crippen molar-refractivity contribution in [2.45, 2.75) is 39.2 Å². The fourth-order valence-electron chi connectivity index (χ4n) is 5.45. The highest BCUT2D eigenvalue weighted by Crippen LogP contribution is 2.49. The van der Waals surface area contributed by atoms with Gasteiger partial charge in [-0.2, -0.15) is 0 Å². The fourth-order valence-corrected chi connectivity index (χ4v) is 5.69. The number of nitrogens with zero attached hydrogens (tertiary/aromatic N) is 1. The van der Waals surface area contributed by atoms with Gasteiger partial charge < -0.3 is 15.5 Å². The molecule has 2 aliphatic rings. The standard InChI is InChI=1S/C31H32ClN3O2/c1-31(2)18-25-29(27(36)19-31)30(22-12-6-7-13-23(22)32)35(26-15-9-8-14-24(26)34-25)20-28(37)33-17-16-21-10-4-3-5-11-21/h3-15,30,34H,16-20H2,1-2H3,(H,33,37). The van der Waals surface area contributed by atoms with E-state index in [1.807, 2.05) is 71.6 Å². The summed E-state index contributed by atoms with van der Waals surface area (Å²) < 4.78 is 0. The average molecular weight is 514 g/mol. The molecule has 3 aromatic carbocycles. The maximum atomic E-state index is 13.7. The van der Waals surface area contributed by atoms with Gasteiger partial charge in [0, 0.05) is 29.3 Å². The number of halogens is 1. The van der Waals surface area contributed by atoms with Gasteiger partial charge in [0.1, 0.15) is 0 Å². The minimum atomic E-state index is -0.483. The average Bonchev–Trinajstić information content (AvgIpc) is 2.99. The van der Waals surface area contributed by atoms with Gasteiger partial charge in [-0.1, -0.05) is 86.1 Å². The zero-order chi connectivity index (χ0) is 26.0. The highest BCUT2D eigenvalue weighted by atomic mass is 35.5. The summed E-state index contributed by atoms with van der Waals surface area (Å²) in [5.74, 6) is -0.0126. The summed E-state index contributed by atoms with van der Waals surface area (Å²) in [7, 11) is 0. The fraction of sp³-hybridized carbons (Fsp3) is 0.290. The third-order valence-corrected chi connectivity index (χ3v) is 7.44. The van der Waals surface area contributed by atoms with E-state index in [-0.39, 0.29) is 23.7 Å². The number of Topliss-reactive ketones (excluding diaryl/α,β-unsaturated/α-hetero) is 1. The van der Waals surface area contributed by atoms with Crippen molar-refractivity contribution in [2.24, 2.45) is 5.41 Å². The van der Waals surface area contributed by atoms with Crippen LogP contribution in [0.2, 0.25) is 5.02 Å². The Morgan fingerprint density at radius 2 is 1.70 bits per heavy atom. The Labute approximate surface area is 223 Å². The minimum absolute atomic E-state index is 0.0889. The number of hydrogen-bond acceptors (Lipinski definition) is 4. The number of para-hydroxylation sites is 2. The predicted octanol–water partition coefficient (Wildman–Crippen LogP) is 6.32. The maximum Gasteiger partial charge on any atom is 0.239 e. The first kappa shape index (κ1) is 25.1. The van der Waals surface area contributed by atoms with E-state index in [0.29, 0.717) is 23.6 Å².